The summed E-state index contributed by atoms with van der Waals surface area (Å²) >= 11 is 0. The standard InChI is InChI=1S/C11H22N2O2S/c1-4-10(2)9-12-11-5-7-13(8-6-11)16(3,14)15/h11-12H,2,4-9H2,1,3H3. The summed E-state index contributed by atoms with van der Waals surface area (Å²) in [5.41, 5.74) is 1.20. The van der Waals surface area contributed by atoms with Gasteiger partial charge in [0.15, 0.2) is 0 Å². The van der Waals surface area contributed by atoms with Crippen molar-refractivity contribution in [2.24, 2.45) is 0 Å². The highest BCUT2D eigenvalue weighted by Gasteiger charge is 2.24. The zero-order valence-corrected chi connectivity index (χ0v) is 11.0. The summed E-state index contributed by atoms with van der Waals surface area (Å²) in [4.78, 5) is 0. The highest BCUT2D eigenvalue weighted by molar-refractivity contribution is 7.88. The van der Waals surface area contributed by atoms with Gasteiger partial charge < -0.3 is 5.32 Å². The molecular weight excluding hydrogens is 224 g/mol. The monoisotopic (exact) mass is 246 g/mol. The Balaban J connectivity index is 2.30. The lowest BCUT2D eigenvalue weighted by Gasteiger charge is -2.30. The van der Waals surface area contributed by atoms with Crippen LogP contribution in [-0.4, -0.2) is 44.7 Å². The first kappa shape index (κ1) is 13.7. The summed E-state index contributed by atoms with van der Waals surface area (Å²) in [6.45, 7) is 8.15. The molecule has 0 aliphatic carbocycles. The van der Waals surface area contributed by atoms with E-state index in [1.54, 1.807) is 4.31 Å². The molecule has 1 fully saturated rings. The molecule has 0 unspecified atom stereocenters. The third-order valence-electron chi connectivity index (χ3n) is 3.06. The molecule has 0 bridgehead atoms. The van der Waals surface area contributed by atoms with E-state index in [2.05, 4.69) is 18.8 Å². The van der Waals surface area contributed by atoms with Gasteiger partial charge in [0.25, 0.3) is 0 Å². The molecule has 0 aromatic heterocycles. The largest absolute Gasteiger partial charge is 0.310 e. The van der Waals surface area contributed by atoms with Gasteiger partial charge in [0.2, 0.25) is 10.0 Å². The van der Waals surface area contributed by atoms with E-state index in [1.807, 2.05) is 0 Å². The Morgan fingerprint density at radius 1 is 1.44 bits per heavy atom. The minimum Gasteiger partial charge on any atom is -0.310 e. The van der Waals surface area contributed by atoms with Crippen LogP contribution in [0.1, 0.15) is 26.2 Å². The molecule has 1 heterocycles. The first-order chi connectivity index (χ1) is 7.43. The Bertz CT molecular complexity index is 330. The van der Waals surface area contributed by atoms with E-state index in [-0.39, 0.29) is 0 Å². The second kappa shape index (κ2) is 5.80. The van der Waals surface area contributed by atoms with Crippen LogP contribution in [0.4, 0.5) is 0 Å². The minimum atomic E-state index is -3.00. The molecule has 0 atom stereocenters. The van der Waals surface area contributed by atoms with Crippen molar-refractivity contribution in [1.82, 2.24) is 9.62 Å². The van der Waals surface area contributed by atoms with Crippen LogP contribution in [0.15, 0.2) is 12.2 Å². The summed E-state index contributed by atoms with van der Waals surface area (Å²) in [5.74, 6) is 0. The number of hydrogen-bond donors (Lipinski definition) is 1. The van der Waals surface area contributed by atoms with Gasteiger partial charge >= 0.3 is 0 Å². The lowest BCUT2D eigenvalue weighted by molar-refractivity contribution is 0.294. The van der Waals surface area contributed by atoms with Crippen molar-refractivity contribution in [3.05, 3.63) is 12.2 Å². The van der Waals surface area contributed by atoms with Crippen molar-refractivity contribution in [3.63, 3.8) is 0 Å². The third kappa shape index (κ3) is 4.23. The second-order valence-electron chi connectivity index (χ2n) is 4.42. The molecule has 0 saturated carbocycles. The van der Waals surface area contributed by atoms with Crippen LogP contribution in [-0.2, 0) is 10.0 Å². The van der Waals surface area contributed by atoms with Gasteiger partial charge in [-0.3, -0.25) is 0 Å². The molecule has 16 heavy (non-hydrogen) atoms. The van der Waals surface area contributed by atoms with E-state index in [1.165, 1.54) is 11.8 Å². The topological polar surface area (TPSA) is 49.4 Å². The number of piperidine rings is 1. The van der Waals surface area contributed by atoms with E-state index >= 15 is 0 Å². The van der Waals surface area contributed by atoms with Crippen LogP contribution >= 0.6 is 0 Å². The van der Waals surface area contributed by atoms with E-state index in [0.717, 1.165) is 25.8 Å². The van der Waals surface area contributed by atoms with Gasteiger partial charge in [-0.25, -0.2) is 12.7 Å². The highest BCUT2D eigenvalue weighted by atomic mass is 32.2. The predicted octanol–water partition coefficient (Wildman–Crippen LogP) is 0.966. The predicted molar refractivity (Wildman–Crippen MR) is 66.9 cm³/mol. The average Bonchev–Trinajstić information content (AvgIpc) is 2.25. The Labute approximate surface area is 98.8 Å². The van der Waals surface area contributed by atoms with Crippen LogP contribution in [0.5, 0.6) is 0 Å². The van der Waals surface area contributed by atoms with Gasteiger partial charge in [0.05, 0.1) is 6.26 Å². The maximum Gasteiger partial charge on any atom is 0.211 e. The first-order valence-electron chi connectivity index (χ1n) is 5.78. The molecular formula is C11H22N2O2S. The molecule has 94 valence electrons. The van der Waals surface area contributed by atoms with Gasteiger partial charge in [-0.05, 0) is 19.3 Å². The lowest BCUT2D eigenvalue weighted by atomic mass is 10.1. The van der Waals surface area contributed by atoms with Crippen LogP contribution in [0.3, 0.4) is 0 Å². The summed E-state index contributed by atoms with van der Waals surface area (Å²) < 4.78 is 24.1. The molecule has 1 aliphatic rings. The zero-order valence-electron chi connectivity index (χ0n) is 10.2. The van der Waals surface area contributed by atoms with Gasteiger partial charge in [0.1, 0.15) is 0 Å². The molecule has 5 heteroatoms. The van der Waals surface area contributed by atoms with Crippen molar-refractivity contribution in [2.75, 3.05) is 25.9 Å². The molecule has 0 radical (unpaired) electrons. The molecule has 1 rings (SSSR count). The van der Waals surface area contributed by atoms with Gasteiger partial charge in [-0.15, -0.1) is 0 Å². The molecule has 0 spiro atoms. The van der Waals surface area contributed by atoms with Gasteiger partial charge in [-0.1, -0.05) is 19.1 Å². The number of hydrogen-bond acceptors (Lipinski definition) is 3. The highest BCUT2D eigenvalue weighted by Crippen LogP contribution is 2.13. The van der Waals surface area contributed by atoms with E-state index in [4.69, 9.17) is 0 Å². The normalized spacial score (nSPS) is 19.9. The summed E-state index contributed by atoms with van der Waals surface area (Å²) in [6, 6.07) is 0.432. The SMILES string of the molecule is C=C(CC)CNC1CCN(S(C)(=O)=O)CC1. The number of sulfonamides is 1. The molecule has 1 saturated heterocycles. The first-order valence-corrected chi connectivity index (χ1v) is 7.63. The number of rotatable bonds is 5. The summed E-state index contributed by atoms with van der Waals surface area (Å²) in [6.07, 6.45) is 4.06. The van der Waals surface area contributed by atoms with E-state index in [9.17, 15) is 8.42 Å². The molecule has 1 aliphatic heterocycles. The van der Waals surface area contributed by atoms with Crippen molar-refractivity contribution < 1.29 is 8.42 Å². The fourth-order valence-electron chi connectivity index (χ4n) is 1.81. The number of nitrogens with one attached hydrogen (secondary N) is 1. The smallest absolute Gasteiger partial charge is 0.211 e. The third-order valence-corrected chi connectivity index (χ3v) is 4.37. The number of nitrogens with zero attached hydrogens (tertiary/aromatic N) is 1. The van der Waals surface area contributed by atoms with Gasteiger partial charge in [-0.2, -0.15) is 0 Å². The lowest BCUT2D eigenvalue weighted by Crippen LogP contribution is -2.44. The van der Waals surface area contributed by atoms with Crippen LogP contribution in [0.25, 0.3) is 0 Å². The Morgan fingerprint density at radius 3 is 2.44 bits per heavy atom. The second-order valence-corrected chi connectivity index (χ2v) is 6.40. The molecule has 1 N–H and O–H groups in total. The molecule has 4 nitrogen and oxygen atoms in total. The van der Waals surface area contributed by atoms with Gasteiger partial charge in [0, 0.05) is 25.7 Å². The van der Waals surface area contributed by atoms with Crippen molar-refractivity contribution in [1.29, 1.82) is 0 Å². The van der Waals surface area contributed by atoms with Crippen molar-refractivity contribution in [2.45, 2.75) is 32.2 Å². The quantitative estimate of drug-likeness (QED) is 0.735. The zero-order chi connectivity index (χ0) is 12.2. The molecule has 0 aromatic carbocycles. The van der Waals surface area contributed by atoms with Crippen molar-refractivity contribution in [3.8, 4) is 0 Å². The van der Waals surface area contributed by atoms with Crippen LogP contribution in [0, 0.1) is 0 Å². The average molecular weight is 246 g/mol. The Kier molecular flexibility index (Phi) is 4.95. The van der Waals surface area contributed by atoms with E-state index in [0.29, 0.717) is 19.1 Å². The van der Waals surface area contributed by atoms with Crippen LogP contribution < -0.4 is 5.32 Å². The van der Waals surface area contributed by atoms with Crippen molar-refractivity contribution >= 4 is 10.0 Å². The Hall–Kier alpha value is -0.390. The van der Waals surface area contributed by atoms with E-state index < -0.39 is 10.0 Å². The summed E-state index contributed by atoms with van der Waals surface area (Å²) in [5, 5.41) is 3.42. The fourth-order valence-corrected chi connectivity index (χ4v) is 2.68. The maximum atomic E-state index is 11.3. The maximum absolute atomic E-state index is 11.3. The summed E-state index contributed by atoms with van der Waals surface area (Å²) in [7, 11) is -3.00. The molecule has 0 amide bonds. The Morgan fingerprint density at radius 2 is 2.00 bits per heavy atom. The fraction of sp³-hybridized carbons (Fsp3) is 0.818. The van der Waals surface area contributed by atoms with Crippen LogP contribution in [0.2, 0.25) is 0 Å². The minimum absolute atomic E-state index is 0.432. The molecule has 0 aromatic rings.